The quantitative estimate of drug-likeness (QED) is 0.471. The summed E-state index contributed by atoms with van der Waals surface area (Å²) in [7, 11) is 0. The number of allylic oxidation sites excluding steroid dienone is 2. The van der Waals surface area contributed by atoms with E-state index in [-0.39, 0.29) is 11.1 Å². The van der Waals surface area contributed by atoms with E-state index >= 15 is 0 Å². The van der Waals surface area contributed by atoms with Gasteiger partial charge >= 0.3 is 0 Å². The Kier molecular flexibility index (Phi) is 7.33. The van der Waals surface area contributed by atoms with Crippen molar-refractivity contribution in [3.8, 4) is 0 Å². The van der Waals surface area contributed by atoms with Gasteiger partial charge in [0.15, 0.2) is 5.84 Å². The van der Waals surface area contributed by atoms with Crippen molar-refractivity contribution < 1.29 is 13.2 Å². The van der Waals surface area contributed by atoms with Crippen molar-refractivity contribution in [2.45, 2.75) is 60.8 Å². The molecule has 0 fully saturated rings. The summed E-state index contributed by atoms with van der Waals surface area (Å²) in [4.78, 5) is 13.6. The molecule has 0 amide bonds. The van der Waals surface area contributed by atoms with E-state index in [9.17, 15) is 13.2 Å². The summed E-state index contributed by atoms with van der Waals surface area (Å²) in [5.41, 5.74) is 2.67. The fourth-order valence-electron chi connectivity index (χ4n) is 3.24. The van der Waals surface area contributed by atoms with Gasteiger partial charge in [0.2, 0.25) is 0 Å². The molecule has 0 bridgehead atoms. The summed E-state index contributed by atoms with van der Waals surface area (Å²) >= 11 is 0. The predicted molar refractivity (Wildman–Crippen MR) is 111 cm³/mol. The van der Waals surface area contributed by atoms with E-state index in [1.54, 1.807) is 13.0 Å². The molecule has 0 unspecified atom stereocenters. The number of benzene rings is 1. The van der Waals surface area contributed by atoms with Crippen LogP contribution in [-0.2, 0) is 0 Å². The van der Waals surface area contributed by atoms with Crippen LogP contribution in [-0.4, -0.2) is 23.8 Å². The van der Waals surface area contributed by atoms with E-state index in [2.05, 4.69) is 28.8 Å². The maximum absolute atomic E-state index is 14.3. The average Bonchev–Trinajstić information content (AvgIpc) is 3.08. The maximum Gasteiger partial charge on any atom is 0.267 e. The van der Waals surface area contributed by atoms with Crippen LogP contribution in [0.3, 0.4) is 0 Å². The average molecular weight is 391 g/mol. The molecule has 1 heterocycles. The van der Waals surface area contributed by atoms with Gasteiger partial charge in [0.25, 0.3) is 6.43 Å². The lowest BCUT2D eigenvalue weighted by molar-refractivity contribution is 0.146. The Balaban J connectivity index is 2.44. The third-order valence-corrected chi connectivity index (χ3v) is 4.71. The molecule has 0 spiro atoms. The van der Waals surface area contributed by atoms with Crippen molar-refractivity contribution >= 4 is 22.8 Å². The second kappa shape index (κ2) is 9.30. The topological polar surface area (TPSA) is 37.1 Å². The van der Waals surface area contributed by atoms with Crippen LogP contribution in [0.15, 0.2) is 32.8 Å². The molecule has 1 aromatic rings. The molecule has 152 valence electrons. The molecule has 0 atom stereocenters. The van der Waals surface area contributed by atoms with Gasteiger partial charge in [0.1, 0.15) is 5.82 Å². The van der Waals surface area contributed by atoms with Gasteiger partial charge in [-0.25, -0.2) is 18.2 Å². The Morgan fingerprint density at radius 3 is 2.46 bits per heavy atom. The van der Waals surface area contributed by atoms with Crippen molar-refractivity contribution in [1.29, 1.82) is 0 Å². The lowest BCUT2D eigenvalue weighted by Crippen LogP contribution is -2.08. The van der Waals surface area contributed by atoms with Gasteiger partial charge < -0.3 is 0 Å². The molecule has 0 saturated carbocycles. The zero-order valence-corrected chi connectivity index (χ0v) is 17.4. The summed E-state index contributed by atoms with van der Waals surface area (Å²) in [6, 6.07) is 3.06. The summed E-state index contributed by atoms with van der Waals surface area (Å²) in [6.45, 7) is 11.7. The number of aryl methyl sites for hydroxylation is 1. The van der Waals surface area contributed by atoms with Gasteiger partial charge in [0, 0.05) is 11.4 Å². The molecule has 0 aliphatic carbocycles. The third-order valence-electron chi connectivity index (χ3n) is 4.71. The van der Waals surface area contributed by atoms with Gasteiger partial charge in [-0.2, -0.15) is 0 Å². The number of hydrogen-bond acceptors (Lipinski definition) is 3. The summed E-state index contributed by atoms with van der Waals surface area (Å²) in [5, 5.41) is 0. The highest BCUT2D eigenvalue weighted by Gasteiger charge is 2.22. The molecular formula is C22H28F3N3. The standard InChI is InChI=1S/C22H28F3N3/c1-7-18(27-15(6)22-26-11-16(28-22)10-12(2)3)14(5)17-9-8-13(4)20(23)19(17)21(24)25/h8-9,12,21H,7,10-11H2,1-6H3/b18-14+,27-15+. The number of alkyl halides is 2. The minimum Gasteiger partial charge on any atom is -0.259 e. The monoisotopic (exact) mass is 391 g/mol. The van der Waals surface area contributed by atoms with E-state index in [4.69, 9.17) is 0 Å². The molecule has 0 saturated heterocycles. The Bertz CT molecular complexity index is 862. The smallest absolute Gasteiger partial charge is 0.259 e. The van der Waals surface area contributed by atoms with E-state index in [1.165, 1.54) is 13.0 Å². The second-order valence-corrected chi connectivity index (χ2v) is 7.50. The van der Waals surface area contributed by atoms with Crippen LogP contribution in [0, 0.1) is 18.7 Å². The molecule has 28 heavy (non-hydrogen) atoms. The highest BCUT2D eigenvalue weighted by atomic mass is 19.3. The van der Waals surface area contributed by atoms with Gasteiger partial charge in [0.05, 0.1) is 17.8 Å². The zero-order valence-electron chi connectivity index (χ0n) is 17.4. The first-order valence-electron chi connectivity index (χ1n) is 9.59. The van der Waals surface area contributed by atoms with Crippen molar-refractivity contribution in [3.63, 3.8) is 0 Å². The summed E-state index contributed by atoms with van der Waals surface area (Å²) < 4.78 is 41.4. The Hall–Kier alpha value is -2.24. The van der Waals surface area contributed by atoms with Crippen LogP contribution in [0.2, 0.25) is 0 Å². The second-order valence-electron chi connectivity index (χ2n) is 7.50. The van der Waals surface area contributed by atoms with Crippen molar-refractivity contribution in [1.82, 2.24) is 0 Å². The molecule has 2 rings (SSSR count). The zero-order chi connectivity index (χ0) is 21.0. The lowest BCUT2D eigenvalue weighted by atomic mass is 9.96. The molecule has 0 radical (unpaired) electrons. The first kappa shape index (κ1) is 22.1. The lowest BCUT2D eigenvalue weighted by Gasteiger charge is -2.14. The van der Waals surface area contributed by atoms with Crippen molar-refractivity contribution in [2.75, 3.05) is 6.54 Å². The van der Waals surface area contributed by atoms with Crippen LogP contribution < -0.4 is 0 Å². The summed E-state index contributed by atoms with van der Waals surface area (Å²) in [6.07, 6.45) is -1.48. The maximum atomic E-state index is 14.3. The van der Waals surface area contributed by atoms with Gasteiger partial charge in [-0.05, 0) is 56.2 Å². The van der Waals surface area contributed by atoms with Crippen LogP contribution in [0.5, 0.6) is 0 Å². The number of hydrogen-bond donors (Lipinski definition) is 0. The van der Waals surface area contributed by atoms with Gasteiger partial charge in [-0.15, -0.1) is 0 Å². The number of rotatable bonds is 7. The number of nitrogens with zero attached hydrogens (tertiary/aromatic N) is 3. The normalized spacial score (nSPS) is 15.9. The highest BCUT2D eigenvalue weighted by molar-refractivity contribution is 6.44. The fraction of sp³-hybridized carbons (Fsp3) is 0.500. The Morgan fingerprint density at radius 1 is 1.21 bits per heavy atom. The molecule has 3 nitrogen and oxygen atoms in total. The van der Waals surface area contributed by atoms with Crippen LogP contribution in [0.4, 0.5) is 13.2 Å². The summed E-state index contributed by atoms with van der Waals surface area (Å²) in [5.74, 6) is 0.229. The largest absolute Gasteiger partial charge is 0.267 e. The number of amidine groups is 1. The minimum absolute atomic E-state index is 0.198. The molecule has 0 aromatic heterocycles. The van der Waals surface area contributed by atoms with Gasteiger partial charge in [-0.3, -0.25) is 9.98 Å². The molecule has 0 N–H and O–H groups in total. The SMILES string of the molecule is CCC(/N=C(\C)C1=NCC(CC(C)C)=N1)=C(/C)c1ccc(C)c(F)c1C(F)F. The number of halogens is 3. The molecule has 1 aromatic carbocycles. The van der Waals surface area contributed by atoms with E-state index in [1.807, 2.05) is 13.8 Å². The van der Waals surface area contributed by atoms with Crippen molar-refractivity contribution in [2.24, 2.45) is 20.9 Å². The van der Waals surface area contributed by atoms with Crippen LogP contribution in [0.25, 0.3) is 5.57 Å². The minimum atomic E-state index is -2.89. The van der Waals surface area contributed by atoms with Crippen molar-refractivity contribution in [3.05, 3.63) is 40.3 Å². The third kappa shape index (κ3) is 4.97. The van der Waals surface area contributed by atoms with Crippen LogP contribution in [0.1, 0.15) is 70.6 Å². The first-order valence-corrected chi connectivity index (χ1v) is 9.59. The van der Waals surface area contributed by atoms with Crippen LogP contribution >= 0.6 is 0 Å². The van der Waals surface area contributed by atoms with Gasteiger partial charge in [-0.1, -0.05) is 32.9 Å². The Labute approximate surface area is 165 Å². The fourth-order valence-corrected chi connectivity index (χ4v) is 3.24. The molecular weight excluding hydrogens is 363 g/mol. The first-order chi connectivity index (χ1) is 13.1. The molecule has 1 aliphatic rings. The van der Waals surface area contributed by atoms with E-state index < -0.39 is 17.8 Å². The molecule has 6 heteroatoms. The highest BCUT2D eigenvalue weighted by Crippen LogP contribution is 2.34. The Morgan fingerprint density at radius 2 is 1.89 bits per heavy atom. The molecule has 1 aliphatic heterocycles. The van der Waals surface area contributed by atoms with E-state index in [0.717, 1.165) is 12.1 Å². The number of aliphatic imine (C=N–C) groups is 3. The van der Waals surface area contributed by atoms with E-state index in [0.29, 0.717) is 41.7 Å². The predicted octanol–water partition coefficient (Wildman–Crippen LogP) is 6.57.